The molecule has 0 aliphatic carbocycles. The van der Waals surface area contributed by atoms with Gasteiger partial charge in [0.1, 0.15) is 6.33 Å². The van der Waals surface area contributed by atoms with Crippen LogP contribution >= 0.6 is 11.6 Å². The van der Waals surface area contributed by atoms with Crippen LogP contribution < -0.4 is 5.56 Å². The summed E-state index contributed by atoms with van der Waals surface area (Å²) in [5.74, 6) is -0.327. The number of fused-ring (bicyclic) bond motifs is 1. The quantitative estimate of drug-likeness (QED) is 0.786. The highest BCUT2D eigenvalue weighted by atomic mass is 35.5. The average molecular weight is 329 g/mol. The summed E-state index contributed by atoms with van der Waals surface area (Å²) in [6.45, 7) is 0. The van der Waals surface area contributed by atoms with Gasteiger partial charge >= 0.3 is 6.18 Å². The predicted molar refractivity (Wildman–Crippen MR) is 72.9 cm³/mol. The van der Waals surface area contributed by atoms with Gasteiger partial charge < -0.3 is 0 Å². The van der Waals surface area contributed by atoms with Gasteiger partial charge in [0.25, 0.3) is 11.3 Å². The third-order valence-electron chi connectivity index (χ3n) is 3.06. The molecule has 22 heavy (non-hydrogen) atoms. The van der Waals surface area contributed by atoms with Gasteiger partial charge in [-0.05, 0) is 17.7 Å². The Kier molecular flexibility index (Phi) is 3.40. The van der Waals surface area contributed by atoms with Crippen molar-refractivity contribution in [2.75, 3.05) is 0 Å². The molecule has 0 unspecified atom stereocenters. The molecule has 3 aromatic rings. The Morgan fingerprint density at radius 3 is 2.77 bits per heavy atom. The molecule has 0 aliphatic rings. The zero-order valence-corrected chi connectivity index (χ0v) is 11.6. The summed E-state index contributed by atoms with van der Waals surface area (Å²) in [5.41, 5.74) is -2.05. The van der Waals surface area contributed by atoms with E-state index in [4.69, 9.17) is 11.6 Å². The number of H-pyrrole nitrogens is 1. The Hall–Kier alpha value is -2.35. The largest absolute Gasteiger partial charge is 0.433 e. The molecular formula is C13H8ClF3N4O. The summed E-state index contributed by atoms with van der Waals surface area (Å²) < 4.78 is 40.4. The van der Waals surface area contributed by atoms with Crippen molar-refractivity contribution in [3.8, 4) is 0 Å². The minimum Gasteiger partial charge on any atom is -0.278 e. The molecule has 3 rings (SSSR count). The van der Waals surface area contributed by atoms with Gasteiger partial charge in [-0.15, -0.1) is 0 Å². The maximum Gasteiger partial charge on any atom is 0.433 e. The SMILES string of the molecule is O=c1c(Cc2cccc(Cl)c2)c(C(F)(F)F)nc2nc[nH]n12. The van der Waals surface area contributed by atoms with E-state index in [2.05, 4.69) is 15.1 Å². The maximum atomic E-state index is 13.2. The van der Waals surface area contributed by atoms with Crippen molar-refractivity contribution in [2.24, 2.45) is 0 Å². The van der Waals surface area contributed by atoms with E-state index in [0.717, 1.165) is 10.8 Å². The molecule has 9 heteroatoms. The normalized spacial score (nSPS) is 12.0. The number of benzene rings is 1. The lowest BCUT2D eigenvalue weighted by Crippen LogP contribution is -2.27. The van der Waals surface area contributed by atoms with E-state index in [1.807, 2.05) is 0 Å². The highest BCUT2D eigenvalue weighted by Gasteiger charge is 2.37. The standard InChI is InChI=1S/C13H8ClF3N4O/c14-8-3-1-2-7(4-8)5-9-10(13(15,16)17)20-12-18-6-19-21(12)11(9)22/h1-4,6H,5H2,(H,18,19,20). The van der Waals surface area contributed by atoms with Crippen molar-refractivity contribution in [2.45, 2.75) is 12.6 Å². The third kappa shape index (κ3) is 2.57. The Bertz CT molecular complexity index is 900. The van der Waals surface area contributed by atoms with E-state index in [1.165, 1.54) is 6.07 Å². The second-order valence-electron chi connectivity index (χ2n) is 4.57. The van der Waals surface area contributed by atoms with E-state index >= 15 is 0 Å². The van der Waals surface area contributed by atoms with Gasteiger partial charge in [-0.3, -0.25) is 9.89 Å². The van der Waals surface area contributed by atoms with Crippen molar-refractivity contribution in [1.82, 2.24) is 19.6 Å². The Balaban J connectivity index is 2.22. The maximum absolute atomic E-state index is 13.2. The van der Waals surface area contributed by atoms with Crippen LogP contribution in [0.3, 0.4) is 0 Å². The summed E-state index contributed by atoms with van der Waals surface area (Å²) in [6.07, 6.45) is -3.88. The van der Waals surface area contributed by atoms with Crippen LogP contribution in [0.2, 0.25) is 5.02 Å². The van der Waals surface area contributed by atoms with Crippen molar-refractivity contribution in [3.63, 3.8) is 0 Å². The van der Waals surface area contributed by atoms with Crippen molar-refractivity contribution in [3.05, 3.63) is 62.8 Å². The summed E-state index contributed by atoms with van der Waals surface area (Å²) in [4.78, 5) is 19.3. The van der Waals surface area contributed by atoms with Crippen LogP contribution in [0.25, 0.3) is 5.78 Å². The number of alkyl halides is 3. The first-order valence-electron chi connectivity index (χ1n) is 6.13. The van der Waals surface area contributed by atoms with Crippen LogP contribution in [0.5, 0.6) is 0 Å². The summed E-state index contributed by atoms with van der Waals surface area (Å²) >= 11 is 5.82. The van der Waals surface area contributed by atoms with Crippen LogP contribution in [0.4, 0.5) is 13.2 Å². The van der Waals surface area contributed by atoms with E-state index in [9.17, 15) is 18.0 Å². The highest BCUT2D eigenvalue weighted by molar-refractivity contribution is 6.30. The molecule has 0 saturated carbocycles. The first-order valence-corrected chi connectivity index (χ1v) is 6.51. The molecule has 0 saturated heterocycles. The molecule has 0 aliphatic heterocycles. The smallest absolute Gasteiger partial charge is 0.278 e. The second-order valence-corrected chi connectivity index (χ2v) is 5.01. The number of hydrogen-bond acceptors (Lipinski definition) is 3. The second kappa shape index (κ2) is 5.13. The number of halogens is 4. The van der Waals surface area contributed by atoms with Crippen LogP contribution in [-0.2, 0) is 12.6 Å². The van der Waals surface area contributed by atoms with Crippen LogP contribution in [0.1, 0.15) is 16.8 Å². The van der Waals surface area contributed by atoms with Gasteiger partial charge in [0, 0.05) is 11.4 Å². The molecule has 1 N–H and O–H groups in total. The Labute approximate surface area is 126 Å². The van der Waals surface area contributed by atoms with Crippen molar-refractivity contribution in [1.29, 1.82) is 0 Å². The topological polar surface area (TPSA) is 63.0 Å². The van der Waals surface area contributed by atoms with Gasteiger partial charge in [-0.1, -0.05) is 23.7 Å². The number of nitrogens with zero attached hydrogens (tertiary/aromatic N) is 3. The first-order chi connectivity index (χ1) is 10.4. The fraction of sp³-hybridized carbons (Fsp3) is 0.154. The van der Waals surface area contributed by atoms with E-state index < -0.39 is 23.0 Å². The first kappa shape index (κ1) is 14.6. The molecule has 2 aromatic heterocycles. The molecule has 114 valence electrons. The molecule has 0 fully saturated rings. The molecule has 0 bridgehead atoms. The number of hydrogen-bond donors (Lipinski definition) is 1. The van der Waals surface area contributed by atoms with Crippen LogP contribution in [0, 0.1) is 0 Å². The van der Waals surface area contributed by atoms with Gasteiger partial charge in [0.2, 0.25) is 0 Å². The molecule has 2 heterocycles. The highest BCUT2D eigenvalue weighted by Crippen LogP contribution is 2.30. The molecule has 0 spiro atoms. The van der Waals surface area contributed by atoms with Crippen molar-refractivity contribution >= 4 is 17.4 Å². The number of nitrogens with one attached hydrogen (secondary N) is 1. The summed E-state index contributed by atoms with van der Waals surface area (Å²) in [5, 5.41) is 2.82. The van der Waals surface area contributed by atoms with Crippen LogP contribution in [-0.4, -0.2) is 19.6 Å². The Morgan fingerprint density at radius 1 is 1.32 bits per heavy atom. The Morgan fingerprint density at radius 2 is 2.09 bits per heavy atom. The lowest BCUT2D eigenvalue weighted by atomic mass is 10.0. The zero-order valence-electron chi connectivity index (χ0n) is 10.9. The van der Waals surface area contributed by atoms with E-state index in [0.29, 0.717) is 10.6 Å². The van der Waals surface area contributed by atoms with E-state index in [-0.39, 0.29) is 12.2 Å². The van der Waals surface area contributed by atoms with Gasteiger partial charge in [0.05, 0.1) is 5.56 Å². The van der Waals surface area contributed by atoms with Gasteiger partial charge in [0.15, 0.2) is 5.69 Å². The minimum absolute atomic E-state index is 0.233. The van der Waals surface area contributed by atoms with E-state index in [1.54, 1.807) is 18.2 Å². The zero-order chi connectivity index (χ0) is 15.9. The molecule has 0 radical (unpaired) electrons. The van der Waals surface area contributed by atoms with Gasteiger partial charge in [-0.2, -0.15) is 17.7 Å². The van der Waals surface area contributed by atoms with Crippen LogP contribution in [0.15, 0.2) is 35.4 Å². The third-order valence-corrected chi connectivity index (χ3v) is 3.30. The molecular weight excluding hydrogens is 321 g/mol. The number of aromatic amines is 1. The predicted octanol–water partition coefficient (Wildman–Crippen LogP) is 2.68. The lowest BCUT2D eigenvalue weighted by molar-refractivity contribution is -0.141. The molecule has 0 amide bonds. The fourth-order valence-corrected chi connectivity index (χ4v) is 2.35. The molecule has 0 atom stereocenters. The number of aromatic nitrogens is 4. The average Bonchev–Trinajstić information content (AvgIpc) is 2.89. The summed E-state index contributed by atoms with van der Waals surface area (Å²) in [7, 11) is 0. The minimum atomic E-state index is -4.75. The molecule has 5 nitrogen and oxygen atoms in total. The fourth-order valence-electron chi connectivity index (χ4n) is 2.14. The molecule has 1 aromatic carbocycles. The number of rotatable bonds is 2. The lowest BCUT2D eigenvalue weighted by Gasteiger charge is -2.11. The van der Waals surface area contributed by atoms with Crippen molar-refractivity contribution < 1.29 is 13.2 Å². The van der Waals surface area contributed by atoms with Gasteiger partial charge in [-0.25, -0.2) is 9.97 Å². The monoisotopic (exact) mass is 328 g/mol. The summed E-state index contributed by atoms with van der Waals surface area (Å²) in [6, 6.07) is 6.29.